The number of nitrogens with zero attached hydrogens (tertiary/aromatic N) is 1. The van der Waals surface area contributed by atoms with E-state index in [2.05, 4.69) is 6.07 Å². The van der Waals surface area contributed by atoms with Gasteiger partial charge >= 0.3 is 0 Å². The van der Waals surface area contributed by atoms with Gasteiger partial charge in [0.1, 0.15) is 5.75 Å². The lowest BCUT2D eigenvalue weighted by Crippen LogP contribution is -2.40. The normalized spacial score (nSPS) is 15.6. The van der Waals surface area contributed by atoms with Crippen LogP contribution in [0.15, 0.2) is 53.9 Å². The number of thiophene rings is 1. The Morgan fingerprint density at radius 2 is 1.69 bits per heavy atom. The molecule has 5 nitrogen and oxygen atoms in total. The third kappa shape index (κ3) is 3.44. The maximum atomic E-state index is 13.6. The van der Waals surface area contributed by atoms with Crippen LogP contribution in [0.25, 0.3) is 0 Å². The van der Waals surface area contributed by atoms with Crippen molar-refractivity contribution < 1.29 is 19.0 Å². The number of ether oxygens (including phenoxy) is 3. The van der Waals surface area contributed by atoms with Crippen LogP contribution in [0, 0.1) is 0 Å². The predicted molar refractivity (Wildman–Crippen MR) is 113 cm³/mol. The highest BCUT2D eigenvalue weighted by Crippen LogP contribution is 2.43. The molecule has 0 N–H and O–H groups in total. The number of hydrogen-bond acceptors (Lipinski definition) is 5. The zero-order valence-electron chi connectivity index (χ0n) is 16.7. The van der Waals surface area contributed by atoms with E-state index in [4.69, 9.17) is 14.2 Å². The summed E-state index contributed by atoms with van der Waals surface area (Å²) in [5.41, 5.74) is 2.81. The number of methoxy groups -OCH3 is 3. The molecule has 0 radical (unpaired) electrons. The van der Waals surface area contributed by atoms with Crippen LogP contribution in [0.2, 0.25) is 0 Å². The first-order valence-electron chi connectivity index (χ1n) is 9.40. The fourth-order valence-corrected chi connectivity index (χ4v) is 4.75. The van der Waals surface area contributed by atoms with Gasteiger partial charge in [0, 0.05) is 11.4 Å². The molecule has 0 unspecified atom stereocenters. The van der Waals surface area contributed by atoms with Gasteiger partial charge in [-0.2, -0.15) is 0 Å². The molecule has 0 fully saturated rings. The van der Waals surface area contributed by atoms with Gasteiger partial charge < -0.3 is 19.1 Å². The molecule has 29 heavy (non-hydrogen) atoms. The van der Waals surface area contributed by atoms with Crippen LogP contribution >= 0.6 is 11.3 Å². The zero-order chi connectivity index (χ0) is 20.4. The molecule has 1 aliphatic heterocycles. The molecule has 0 spiro atoms. The second-order valence-electron chi connectivity index (χ2n) is 6.77. The van der Waals surface area contributed by atoms with E-state index in [1.807, 2.05) is 52.7 Å². The number of amides is 1. The summed E-state index contributed by atoms with van der Waals surface area (Å²) in [5.74, 6) is 1.92. The van der Waals surface area contributed by atoms with Gasteiger partial charge in [-0.15, -0.1) is 11.3 Å². The van der Waals surface area contributed by atoms with Gasteiger partial charge in [0.2, 0.25) is 0 Å². The maximum Gasteiger partial charge on any atom is 0.258 e. The molecular weight excluding hydrogens is 386 g/mol. The van der Waals surface area contributed by atoms with Gasteiger partial charge in [0.25, 0.3) is 5.91 Å². The Morgan fingerprint density at radius 3 is 2.38 bits per heavy atom. The van der Waals surface area contributed by atoms with Gasteiger partial charge in [-0.25, -0.2) is 0 Å². The van der Waals surface area contributed by atoms with Crippen LogP contribution in [0.4, 0.5) is 0 Å². The maximum absolute atomic E-state index is 13.6. The topological polar surface area (TPSA) is 48.0 Å². The lowest BCUT2D eigenvalue weighted by atomic mass is 9.90. The lowest BCUT2D eigenvalue weighted by Gasteiger charge is -2.37. The average molecular weight is 410 g/mol. The highest BCUT2D eigenvalue weighted by molar-refractivity contribution is 7.10. The molecule has 2 heterocycles. The quantitative estimate of drug-likeness (QED) is 0.620. The second-order valence-corrected chi connectivity index (χ2v) is 7.75. The van der Waals surface area contributed by atoms with Crippen molar-refractivity contribution in [3.8, 4) is 17.2 Å². The first-order valence-corrected chi connectivity index (χ1v) is 10.3. The van der Waals surface area contributed by atoms with E-state index in [1.165, 1.54) is 5.56 Å². The smallest absolute Gasteiger partial charge is 0.258 e. The third-order valence-electron chi connectivity index (χ3n) is 5.28. The van der Waals surface area contributed by atoms with E-state index in [9.17, 15) is 4.79 Å². The molecule has 0 aliphatic carbocycles. The van der Waals surface area contributed by atoms with Gasteiger partial charge in [-0.3, -0.25) is 4.79 Å². The Labute approximate surface area is 174 Å². The Hall–Kier alpha value is -2.99. The summed E-state index contributed by atoms with van der Waals surface area (Å²) in [4.78, 5) is 16.6. The Morgan fingerprint density at radius 1 is 0.966 bits per heavy atom. The van der Waals surface area contributed by atoms with Crippen molar-refractivity contribution in [2.24, 2.45) is 0 Å². The zero-order valence-corrected chi connectivity index (χ0v) is 17.5. The van der Waals surface area contributed by atoms with Crippen LogP contribution in [0.1, 0.15) is 32.4 Å². The van der Waals surface area contributed by atoms with Crippen LogP contribution in [-0.4, -0.2) is 38.7 Å². The molecule has 3 aromatic rings. The van der Waals surface area contributed by atoms with E-state index in [1.54, 1.807) is 32.7 Å². The van der Waals surface area contributed by atoms with Crippen LogP contribution in [0.3, 0.4) is 0 Å². The average Bonchev–Trinajstić information content (AvgIpc) is 3.31. The number of fused-ring (bicyclic) bond motifs is 1. The standard InChI is InChI=1S/C23H23NO4S/c1-26-18-8-5-4-7-16(18)23(25)24-11-10-15-13-19(27-2)20(28-3)14-17(15)22(24)21-9-6-12-29-21/h4-9,12-14,22H,10-11H2,1-3H3/t22-/m1/s1. The molecule has 0 bridgehead atoms. The SMILES string of the molecule is COc1cc2c(cc1OC)[C@H](c1cccs1)N(C(=O)c1ccccc1OC)CC2. The highest BCUT2D eigenvalue weighted by atomic mass is 32.1. The molecule has 2 aromatic carbocycles. The Bertz CT molecular complexity index is 1020. The molecule has 0 saturated carbocycles. The minimum Gasteiger partial charge on any atom is -0.496 e. The van der Waals surface area contributed by atoms with Crippen LogP contribution < -0.4 is 14.2 Å². The van der Waals surface area contributed by atoms with E-state index in [0.717, 1.165) is 16.9 Å². The summed E-state index contributed by atoms with van der Waals surface area (Å²) in [5, 5.41) is 2.04. The highest BCUT2D eigenvalue weighted by Gasteiger charge is 2.35. The summed E-state index contributed by atoms with van der Waals surface area (Å²) < 4.78 is 16.5. The van der Waals surface area contributed by atoms with Crippen molar-refractivity contribution in [1.82, 2.24) is 4.90 Å². The summed E-state index contributed by atoms with van der Waals surface area (Å²) >= 11 is 1.65. The molecule has 1 atom stereocenters. The molecule has 1 aromatic heterocycles. The third-order valence-corrected chi connectivity index (χ3v) is 6.21. The molecule has 0 saturated heterocycles. The Kier molecular flexibility index (Phi) is 5.45. The van der Waals surface area contributed by atoms with E-state index >= 15 is 0 Å². The minimum atomic E-state index is -0.184. The number of carbonyl (C=O) groups is 1. The van der Waals surface area contributed by atoms with Gasteiger partial charge in [-0.1, -0.05) is 18.2 Å². The molecule has 1 amide bonds. The number of rotatable bonds is 5. The number of benzene rings is 2. The molecule has 1 aliphatic rings. The van der Waals surface area contributed by atoms with Crippen LogP contribution in [0.5, 0.6) is 17.2 Å². The summed E-state index contributed by atoms with van der Waals surface area (Å²) in [6.07, 6.45) is 0.748. The Balaban J connectivity index is 1.83. The number of para-hydroxylation sites is 1. The number of carbonyl (C=O) groups excluding carboxylic acids is 1. The fraction of sp³-hybridized carbons (Fsp3) is 0.261. The van der Waals surface area contributed by atoms with Gasteiger partial charge in [-0.05, 0) is 53.3 Å². The lowest BCUT2D eigenvalue weighted by molar-refractivity contribution is 0.0693. The number of hydrogen-bond donors (Lipinski definition) is 0. The van der Waals surface area contributed by atoms with Crippen molar-refractivity contribution in [3.05, 3.63) is 75.5 Å². The van der Waals surface area contributed by atoms with E-state index < -0.39 is 0 Å². The van der Waals surface area contributed by atoms with Gasteiger partial charge in [0.15, 0.2) is 11.5 Å². The summed E-state index contributed by atoms with van der Waals surface area (Å²) in [7, 11) is 4.86. The van der Waals surface area contributed by atoms with Crippen molar-refractivity contribution >= 4 is 17.2 Å². The van der Waals surface area contributed by atoms with Crippen molar-refractivity contribution in [1.29, 1.82) is 0 Å². The largest absolute Gasteiger partial charge is 0.496 e. The molecule has 150 valence electrons. The van der Waals surface area contributed by atoms with E-state index in [-0.39, 0.29) is 11.9 Å². The van der Waals surface area contributed by atoms with Crippen LogP contribution in [-0.2, 0) is 6.42 Å². The predicted octanol–water partition coefficient (Wildman–Crippen LogP) is 4.56. The van der Waals surface area contributed by atoms with E-state index in [0.29, 0.717) is 29.4 Å². The summed E-state index contributed by atoms with van der Waals surface area (Å²) in [6.45, 7) is 0.613. The van der Waals surface area contributed by atoms with Crippen molar-refractivity contribution in [3.63, 3.8) is 0 Å². The fourth-order valence-electron chi connectivity index (χ4n) is 3.89. The molecular formula is C23H23NO4S. The first kappa shape index (κ1) is 19.3. The van der Waals surface area contributed by atoms with Crippen molar-refractivity contribution in [2.75, 3.05) is 27.9 Å². The van der Waals surface area contributed by atoms with Gasteiger partial charge in [0.05, 0.1) is 32.9 Å². The second kappa shape index (κ2) is 8.17. The minimum absolute atomic E-state index is 0.0405. The molecule has 4 rings (SSSR count). The monoisotopic (exact) mass is 409 g/mol. The summed E-state index contributed by atoms with van der Waals surface area (Å²) in [6, 6.07) is 15.3. The first-order chi connectivity index (χ1) is 14.2. The van der Waals surface area contributed by atoms with Crippen molar-refractivity contribution in [2.45, 2.75) is 12.5 Å². The molecule has 6 heteroatoms.